The molecule has 640 valence electrons. The van der Waals surface area contributed by atoms with Crippen LogP contribution in [0.3, 0.4) is 0 Å². The van der Waals surface area contributed by atoms with Crippen molar-refractivity contribution in [3.63, 3.8) is 0 Å². The van der Waals surface area contributed by atoms with Gasteiger partial charge in [0.15, 0.2) is 5.96 Å². The second-order valence-electron chi connectivity index (χ2n) is 30.8. The number of carboxylic acids is 1. The Kier molecular flexibility index (Phi) is 46.4. The summed E-state index contributed by atoms with van der Waals surface area (Å²) in [4.78, 5) is 189. The first-order valence-electron chi connectivity index (χ1n) is 40.5. The molecule has 0 unspecified atom stereocenters. The van der Waals surface area contributed by atoms with Gasteiger partial charge < -0.3 is 103 Å². The Bertz CT molecular complexity index is 3550. The van der Waals surface area contributed by atoms with Gasteiger partial charge in [0.25, 0.3) is 0 Å². The summed E-state index contributed by atoms with van der Waals surface area (Å²) in [5, 5.41) is 43.1. The number of unbranched alkanes of at least 4 members (excludes halogenated alkanes) is 3. The zero-order valence-corrected chi connectivity index (χ0v) is 68.9. The summed E-state index contributed by atoms with van der Waals surface area (Å²) in [5.41, 5.74) is 37.4. The lowest BCUT2D eigenvalue weighted by Gasteiger charge is -2.31. The fourth-order valence-corrected chi connectivity index (χ4v) is 12.6. The molecule has 0 aliphatic carbocycles. The molecule has 0 fully saturated rings. The van der Waals surface area contributed by atoms with Gasteiger partial charge in [0.2, 0.25) is 70.9 Å². The van der Waals surface area contributed by atoms with E-state index in [1.165, 1.54) is 0 Å². The number of benzene rings is 3. The van der Waals surface area contributed by atoms with E-state index in [4.69, 9.17) is 34.4 Å². The molecule has 12 amide bonds. The lowest BCUT2D eigenvalue weighted by atomic mass is 9.95. The molecule has 0 bridgehead atoms. The van der Waals surface area contributed by atoms with Crippen molar-refractivity contribution < 1.29 is 67.4 Å². The van der Waals surface area contributed by atoms with E-state index in [1.54, 1.807) is 102 Å². The molecule has 0 spiro atoms. The molecule has 0 aromatic heterocycles. The van der Waals surface area contributed by atoms with E-state index in [0.29, 0.717) is 56.9 Å². The van der Waals surface area contributed by atoms with E-state index >= 15 is 0 Å². The molecule has 33 nitrogen and oxygen atoms in total. The van der Waals surface area contributed by atoms with Gasteiger partial charge in [0, 0.05) is 19.4 Å². The largest absolute Gasteiger partial charge is 0.480 e. The third-order valence-corrected chi connectivity index (χ3v) is 19.7. The van der Waals surface area contributed by atoms with Crippen LogP contribution in [0.25, 0.3) is 0 Å². The van der Waals surface area contributed by atoms with E-state index < -0.39 is 174 Å². The molecule has 0 aliphatic heterocycles. The minimum Gasteiger partial charge on any atom is -0.480 e. The normalized spacial score (nSPS) is 14.9. The quantitative estimate of drug-likeness (QED) is 0.0212. The summed E-state index contributed by atoms with van der Waals surface area (Å²) >= 11 is 0. The number of carboxylic acid groups (broad SMARTS) is 1. The number of nitrogens with zero attached hydrogens (tertiary/aromatic N) is 1. The Morgan fingerprint density at radius 3 is 1.08 bits per heavy atom. The first-order chi connectivity index (χ1) is 54.7. The van der Waals surface area contributed by atoms with Crippen LogP contribution >= 0.6 is 0 Å². The van der Waals surface area contributed by atoms with Crippen molar-refractivity contribution in [1.29, 1.82) is 0 Å². The molecule has 0 aliphatic rings. The summed E-state index contributed by atoms with van der Waals surface area (Å²) in [6.45, 7) is 17.8. The van der Waals surface area contributed by atoms with Crippen molar-refractivity contribution in [2.45, 2.75) is 257 Å². The zero-order chi connectivity index (χ0) is 85.7. The van der Waals surface area contributed by atoms with Crippen LogP contribution < -0.4 is 98.2 Å². The number of rotatable bonds is 56. The Balaban J connectivity index is 1.90. The molecule has 25 N–H and O–H groups in total. The van der Waals surface area contributed by atoms with Crippen molar-refractivity contribution in [3.8, 4) is 0 Å². The number of carbonyl (C=O) groups is 13. The lowest BCUT2D eigenvalue weighted by Crippen LogP contribution is -2.62. The highest BCUT2D eigenvalue weighted by Gasteiger charge is 2.39. The van der Waals surface area contributed by atoms with Crippen molar-refractivity contribution in [2.75, 3.05) is 32.7 Å². The molecule has 0 saturated heterocycles. The molecule has 33 heteroatoms. The number of nitrogens with two attached hydrogens (primary N) is 6. The van der Waals surface area contributed by atoms with E-state index in [-0.39, 0.29) is 108 Å². The highest BCUT2D eigenvalue weighted by atomic mass is 16.4. The topological polar surface area (TPSA) is 555 Å². The first kappa shape index (κ1) is 99.1. The fraction of sp³-hybridized carbons (Fsp3) is 0.610. The smallest absolute Gasteiger partial charge is 0.326 e. The fourth-order valence-electron chi connectivity index (χ4n) is 12.6. The number of hydrogen-bond donors (Lipinski definition) is 19. The van der Waals surface area contributed by atoms with Gasteiger partial charge in [0.05, 0.1) is 12.6 Å². The number of nitrogens with one attached hydrogen (secondary N) is 12. The highest BCUT2D eigenvalue weighted by Crippen LogP contribution is 2.18. The molecule has 115 heavy (non-hydrogen) atoms. The summed E-state index contributed by atoms with van der Waals surface area (Å²) in [5.74, 6) is -12.7. The van der Waals surface area contributed by atoms with E-state index in [0.717, 1.165) is 11.1 Å². The second kappa shape index (κ2) is 53.9. The predicted molar refractivity (Wildman–Crippen MR) is 442 cm³/mol. The van der Waals surface area contributed by atoms with Crippen LogP contribution in [-0.2, 0) is 81.6 Å². The number of aliphatic imine (C=N–C) groups is 1. The molecule has 14 atom stereocenters. The van der Waals surface area contributed by atoms with E-state index in [2.05, 4.69) is 68.8 Å². The molecular weight excluding hydrogens is 1480 g/mol. The van der Waals surface area contributed by atoms with Crippen LogP contribution in [-0.4, -0.2) is 193 Å². The van der Waals surface area contributed by atoms with Crippen LogP contribution in [0.15, 0.2) is 96.0 Å². The standard InChI is InChI=1S/C82H133N19O14/c1-11-52(9)68(79(112)94-61(38-28-42-89-82(87)88)72(105)92-60(37-24-27-41-85)75(108)100-69(53(10)12-2)80(113)98-65(81(114)115)47-56-33-20-15-21-34-56)101-77(110)63(44-50(5)6)96-73(106)59(36-23-26-40-84)93-76(109)62(43-49(3)4)97-78(111)67(51(7)8)99-74(107)58(35-22-25-39-83)91-66(102)48-90-71(104)64(46-55-31-18-14-19-32-55)95-70(103)57(86)45-54-29-16-13-17-30-54/h13-21,29-34,49-53,57-65,67-69H,11-12,22-28,35-48,83-86H2,1-10H3,(H,90,104)(H,91,102)(H,92,105)(H,93,109)(H,94,112)(H,95,103)(H,96,106)(H,97,111)(H,98,113)(H,99,107)(H,100,108)(H,101,110)(H,114,115)(H4,87,88,89)/t52-,53-,57-,58-,59-,60-,61-,62-,63-,64-,65-,67-,68-,69-/m0/s1. The zero-order valence-electron chi connectivity index (χ0n) is 68.9. The maximum Gasteiger partial charge on any atom is 0.326 e. The van der Waals surface area contributed by atoms with Crippen molar-refractivity contribution >= 4 is 82.8 Å². The Labute approximate surface area is 677 Å². The average molecular weight is 1610 g/mol. The third kappa shape index (κ3) is 37.8. The summed E-state index contributed by atoms with van der Waals surface area (Å²) in [6.07, 6.45) is 3.67. The lowest BCUT2D eigenvalue weighted by molar-refractivity contribution is -0.142. The van der Waals surface area contributed by atoms with Crippen molar-refractivity contribution in [1.82, 2.24) is 63.8 Å². The Morgan fingerprint density at radius 1 is 0.365 bits per heavy atom. The summed E-state index contributed by atoms with van der Waals surface area (Å²) in [6, 6.07) is 11.6. The van der Waals surface area contributed by atoms with Crippen molar-refractivity contribution in [2.24, 2.45) is 69.0 Å². The summed E-state index contributed by atoms with van der Waals surface area (Å²) < 4.78 is 0. The first-order valence-corrected chi connectivity index (χ1v) is 40.5. The van der Waals surface area contributed by atoms with Crippen LogP contribution in [0, 0.1) is 29.6 Å². The van der Waals surface area contributed by atoms with Gasteiger partial charge in [0.1, 0.15) is 66.5 Å². The maximum absolute atomic E-state index is 14.8. The average Bonchev–Trinajstić information content (AvgIpc) is 0.852. The van der Waals surface area contributed by atoms with Crippen molar-refractivity contribution in [3.05, 3.63) is 108 Å². The molecule has 3 rings (SSSR count). The van der Waals surface area contributed by atoms with E-state index in [9.17, 15) is 67.4 Å². The minimum absolute atomic E-state index is 0.0294. The number of hydrogen-bond acceptors (Lipinski definition) is 18. The van der Waals surface area contributed by atoms with Crippen LogP contribution in [0.2, 0.25) is 0 Å². The summed E-state index contributed by atoms with van der Waals surface area (Å²) in [7, 11) is 0. The number of amides is 12. The van der Waals surface area contributed by atoms with Crippen LogP contribution in [0.1, 0.15) is 182 Å². The maximum atomic E-state index is 14.8. The molecule has 0 saturated carbocycles. The van der Waals surface area contributed by atoms with Gasteiger partial charge in [-0.05, 0) is 156 Å². The number of carbonyl (C=O) groups excluding carboxylic acids is 12. The Morgan fingerprint density at radius 2 is 0.687 bits per heavy atom. The third-order valence-electron chi connectivity index (χ3n) is 19.7. The van der Waals surface area contributed by atoms with Gasteiger partial charge in [-0.2, -0.15) is 0 Å². The Hall–Kier alpha value is -10.1. The van der Waals surface area contributed by atoms with Gasteiger partial charge in [-0.3, -0.25) is 62.5 Å². The van der Waals surface area contributed by atoms with Gasteiger partial charge >= 0.3 is 5.97 Å². The van der Waals surface area contributed by atoms with Gasteiger partial charge in [-0.25, -0.2) is 4.79 Å². The molecule has 0 radical (unpaired) electrons. The van der Waals surface area contributed by atoms with Crippen LogP contribution in [0.4, 0.5) is 0 Å². The SMILES string of the molecule is CC[C@H](C)[C@H](NC(=O)[C@H](CCCCN)NC(=O)[C@H](CCCN=C(N)N)NC(=O)[C@@H](NC(=O)[C@H](CC(C)C)NC(=O)[C@H](CCCCN)NC(=O)[C@H](CC(C)C)NC(=O)[C@@H](NC(=O)[C@H](CCCCN)NC(=O)CNC(=O)[C@H](Cc1ccccc1)NC(=O)[C@@H](N)Cc1ccccc1)C(C)C)[C@@H](C)CC)C(=O)N[C@@H](Cc1ccccc1)C(=O)O. The van der Waals surface area contributed by atoms with Gasteiger partial charge in [-0.15, -0.1) is 0 Å². The molecule has 3 aromatic carbocycles. The minimum atomic E-state index is -1.38. The monoisotopic (exact) mass is 1610 g/mol. The highest BCUT2D eigenvalue weighted by molar-refractivity contribution is 6.00. The predicted octanol–water partition coefficient (Wildman–Crippen LogP) is 0.856. The van der Waals surface area contributed by atoms with Gasteiger partial charge in [-0.1, -0.05) is 173 Å². The second-order valence-corrected chi connectivity index (χ2v) is 30.8. The number of guanidine groups is 1. The molecule has 0 heterocycles. The number of aliphatic carboxylic acids is 1. The molecule has 3 aromatic rings. The molecular formula is C82H133N19O14. The van der Waals surface area contributed by atoms with E-state index in [1.807, 2.05) is 58.0 Å². The van der Waals surface area contributed by atoms with Crippen LogP contribution in [0.5, 0.6) is 0 Å².